The van der Waals surface area contributed by atoms with Crippen LogP contribution in [0.4, 0.5) is 0 Å². The summed E-state index contributed by atoms with van der Waals surface area (Å²) in [6, 6.07) is 14.1. The maximum absolute atomic E-state index is 6.10. The summed E-state index contributed by atoms with van der Waals surface area (Å²) in [5, 5.41) is 6.72. The first kappa shape index (κ1) is 22.2. The fraction of sp³-hybridized carbons (Fsp3) is 0.458. The standard InChI is InChI=1S/C24H32N4O4/c1-2-25-24(26-16-19-7-8-22-23(15-19)32-18-31-22)27-17-20-5-3-4-6-21(20)30-14-11-28-9-12-29-13-10-28/h3-8,15H,2,9-14,16-18H2,1H3,(H2,25,26,27). The van der Waals surface area contributed by atoms with Crippen LogP contribution in [-0.4, -0.2) is 63.7 Å². The van der Waals surface area contributed by atoms with Gasteiger partial charge in [0.1, 0.15) is 12.4 Å². The fourth-order valence-corrected chi connectivity index (χ4v) is 3.63. The van der Waals surface area contributed by atoms with E-state index in [1.54, 1.807) is 0 Å². The van der Waals surface area contributed by atoms with E-state index in [0.29, 0.717) is 19.7 Å². The Morgan fingerprint density at radius 1 is 1.06 bits per heavy atom. The number of hydrogen-bond acceptors (Lipinski definition) is 6. The highest BCUT2D eigenvalue weighted by atomic mass is 16.7. The van der Waals surface area contributed by atoms with E-state index >= 15 is 0 Å². The first-order valence-corrected chi connectivity index (χ1v) is 11.2. The molecule has 0 bridgehead atoms. The predicted octanol–water partition coefficient (Wildman–Crippen LogP) is 2.38. The molecule has 0 radical (unpaired) electrons. The summed E-state index contributed by atoms with van der Waals surface area (Å²) in [5.41, 5.74) is 2.17. The lowest BCUT2D eigenvalue weighted by molar-refractivity contribution is 0.0322. The van der Waals surface area contributed by atoms with E-state index in [-0.39, 0.29) is 6.79 Å². The molecule has 0 spiro atoms. The smallest absolute Gasteiger partial charge is 0.231 e. The van der Waals surface area contributed by atoms with E-state index < -0.39 is 0 Å². The van der Waals surface area contributed by atoms with Gasteiger partial charge in [-0.1, -0.05) is 24.3 Å². The van der Waals surface area contributed by atoms with E-state index in [2.05, 4.69) is 28.5 Å². The van der Waals surface area contributed by atoms with Crippen molar-refractivity contribution in [3.05, 3.63) is 53.6 Å². The zero-order valence-corrected chi connectivity index (χ0v) is 18.6. The zero-order chi connectivity index (χ0) is 22.0. The summed E-state index contributed by atoms with van der Waals surface area (Å²) < 4.78 is 22.3. The lowest BCUT2D eigenvalue weighted by Gasteiger charge is -2.26. The number of nitrogens with one attached hydrogen (secondary N) is 2. The lowest BCUT2D eigenvalue weighted by Crippen LogP contribution is -2.38. The number of benzene rings is 2. The average molecular weight is 441 g/mol. The second-order valence-corrected chi connectivity index (χ2v) is 7.65. The van der Waals surface area contributed by atoms with Gasteiger partial charge in [0, 0.05) is 38.3 Å². The molecule has 32 heavy (non-hydrogen) atoms. The van der Waals surface area contributed by atoms with Crippen LogP contribution >= 0.6 is 0 Å². The molecular formula is C24H32N4O4. The maximum Gasteiger partial charge on any atom is 0.231 e. The number of rotatable bonds is 9. The van der Waals surface area contributed by atoms with Gasteiger partial charge >= 0.3 is 0 Å². The Morgan fingerprint density at radius 2 is 1.91 bits per heavy atom. The Morgan fingerprint density at radius 3 is 2.78 bits per heavy atom. The molecule has 2 heterocycles. The van der Waals surface area contributed by atoms with Crippen LogP contribution < -0.4 is 24.8 Å². The van der Waals surface area contributed by atoms with Crippen molar-refractivity contribution in [1.82, 2.24) is 15.5 Å². The number of guanidine groups is 1. The van der Waals surface area contributed by atoms with Crippen LogP contribution in [0, 0.1) is 0 Å². The predicted molar refractivity (Wildman–Crippen MR) is 123 cm³/mol. The number of fused-ring (bicyclic) bond motifs is 1. The lowest BCUT2D eigenvalue weighted by atomic mass is 10.2. The van der Waals surface area contributed by atoms with Gasteiger partial charge in [0.05, 0.1) is 19.8 Å². The highest BCUT2D eigenvalue weighted by Gasteiger charge is 2.13. The SMILES string of the molecule is CCNC(=NCc1ccc2c(c1)OCO2)NCc1ccccc1OCCN1CCOCC1. The molecule has 0 saturated carbocycles. The molecule has 0 aliphatic carbocycles. The molecule has 172 valence electrons. The number of ether oxygens (including phenoxy) is 4. The Hall–Kier alpha value is -2.97. The van der Waals surface area contributed by atoms with Crippen LogP contribution in [0.25, 0.3) is 0 Å². The Labute approximate surface area is 189 Å². The van der Waals surface area contributed by atoms with Crippen LogP contribution in [0.2, 0.25) is 0 Å². The summed E-state index contributed by atoms with van der Waals surface area (Å²) in [6.07, 6.45) is 0. The third kappa shape index (κ3) is 6.27. The number of nitrogens with zero attached hydrogens (tertiary/aromatic N) is 2. The van der Waals surface area contributed by atoms with E-state index in [1.807, 2.05) is 36.4 Å². The van der Waals surface area contributed by atoms with Gasteiger partial charge < -0.3 is 29.6 Å². The molecule has 8 heteroatoms. The van der Waals surface area contributed by atoms with Crippen molar-refractivity contribution in [2.45, 2.75) is 20.0 Å². The first-order valence-electron chi connectivity index (χ1n) is 11.2. The molecule has 1 fully saturated rings. The molecule has 2 aromatic rings. The Kier molecular flexibility index (Phi) is 8.05. The highest BCUT2D eigenvalue weighted by molar-refractivity contribution is 5.79. The van der Waals surface area contributed by atoms with Crippen molar-refractivity contribution in [2.24, 2.45) is 4.99 Å². The quantitative estimate of drug-likeness (QED) is 0.458. The highest BCUT2D eigenvalue weighted by Crippen LogP contribution is 2.32. The third-order valence-electron chi connectivity index (χ3n) is 5.39. The van der Waals surface area contributed by atoms with Crippen molar-refractivity contribution < 1.29 is 18.9 Å². The molecule has 1 saturated heterocycles. The maximum atomic E-state index is 6.10. The van der Waals surface area contributed by atoms with Crippen LogP contribution in [0.5, 0.6) is 17.2 Å². The van der Waals surface area contributed by atoms with Gasteiger partial charge in [-0.05, 0) is 30.7 Å². The van der Waals surface area contributed by atoms with Crippen molar-refractivity contribution in [2.75, 3.05) is 52.8 Å². The van der Waals surface area contributed by atoms with Gasteiger partial charge in [-0.3, -0.25) is 4.90 Å². The van der Waals surface area contributed by atoms with E-state index in [1.165, 1.54) is 0 Å². The molecule has 2 aromatic carbocycles. The third-order valence-corrected chi connectivity index (χ3v) is 5.39. The van der Waals surface area contributed by atoms with Gasteiger partial charge in [0.25, 0.3) is 0 Å². The second-order valence-electron chi connectivity index (χ2n) is 7.65. The largest absolute Gasteiger partial charge is 0.492 e. The summed E-state index contributed by atoms with van der Waals surface area (Å²) >= 11 is 0. The van der Waals surface area contributed by atoms with Crippen LogP contribution in [-0.2, 0) is 17.8 Å². The van der Waals surface area contributed by atoms with Crippen molar-refractivity contribution in [3.63, 3.8) is 0 Å². The second kappa shape index (κ2) is 11.6. The van der Waals surface area contributed by atoms with E-state index in [0.717, 1.165) is 73.7 Å². The van der Waals surface area contributed by atoms with Gasteiger partial charge in [0.2, 0.25) is 6.79 Å². The molecular weight excluding hydrogens is 408 g/mol. The van der Waals surface area contributed by atoms with Crippen LogP contribution in [0.3, 0.4) is 0 Å². The van der Waals surface area contributed by atoms with E-state index in [9.17, 15) is 0 Å². The van der Waals surface area contributed by atoms with Crippen molar-refractivity contribution in [3.8, 4) is 17.2 Å². The molecule has 2 aliphatic heterocycles. The molecule has 0 unspecified atom stereocenters. The topological polar surface area (TPSA) is 76.6 Å². The number of hydrogen-bond donors (Lipinski definition) is 2. The Balaban J connectivity index is 1.31. The average Bonchev–Trinajstić information content (AvgIpc) is 3.30. The van der Waals surface area contributed by atoms with Crippen molar-refractivity contribution >= 4 is 5.96 Å². The minimum absolute atomic E-state index is 0.278. The summed E-state index contributed by atoms with van der Waals surface area (Å²) in [4.78, 5) is 7.09. The first-order chi connectivity index (χ1) is 15.8. The van der Waals surface area contributed by atoms with E-state index in [4.69, 9.17) is 23.9 Å². The monoisotopic (exact) mass is 440 g/mol. The zero-order valence-electron chi connectivity index (χ0n) is 18.6. The summed E-state index contributed by atoms with van der Waals surface area (Å²) in [7, 11) is 0. The van der Waals surface area contributed by atoms with Crippen molar-refractivity contribution in [1.29, 1.82) is 0 Å². The minimum atomic E-state index is 0.278. The van der Waals surface area contributed by atoms with Crippen LogP contribution in [0.1, 0.15) is 18.1 Å². The molecule has 2 aliphatic rings. The van der Waals surface area contributed by atoms with Gasteiger partial charge in [-0.2, -0.15) is 0 Å². The fourth-order valence-electron chi connectivity index (χ4n) is 3.63. The summed E-state index contributed by atoms with van der Waals surface area (Å²) in [5.74, 6) is 3.22. The number of para-hydroxylation sites is 1. The van der Waals surface area contributed by atoms with Gasteiger partial charge in [0.15, 0.2) is 17.5 Å². The number of morpholine rings is 1. The molecule has 0 amide bonds. The Bertz CT molecular complexity index is 899. The minimum Gasteiger partial charge on any atom is -0.492 e. The molecule has 2 N–H and O–H groups in total. The summed E-state index contributed by atoms with van der Waals surface area (Å²) in [6.45, 7) is 9.41. The van der Waals surface area contributed by atoms with Crippen LogP contribution in [0.15, 0.2) is 47.5 Å². The molecule has 0 atom stereocenters. The van der Waals surface area contributed by atoms with Gasteiger partial charge in [-0.15, -0.1) is 0 Å². The number of aliphatic imine (C=N–C) groups is 1. The molecule has 0 aromatic heterocycles. The molecule has 4 rings (SSSR count). The molecule has 8 nitrogen and oxygen atoms in total. The normalized spacial score (nSPS) is 16.1. The van der Waals surface area contributed by atoms with Gasteiger partial charge in [-0.25, -0.2) is 4.99 Å².